The third kappa shape index (κ3) is 4.67. The minimum absolute atomic E-state index is 0.208. The van der Waals surface area contributed by atoms with E-state index >= 15 is 0 Å². The summed E-state index contributed by atoms with van der Waals surface area (Å²) < 4.78 is 16.1. The number of thioether (sulfide) groups is 1. The minimum Gasteiger partial charge on any atom is -0.498 e. The maximum absolute atomic E-state index is 12.7. The van der Waals surface area contributed by atoms with Crippen LogP contribution in [-0.4, -0.2) is 59.5 Å². The lowest BCUT2D eigenvalue weighted by Crippen LogP contribution is -2.74. The Morgan fingerprint density at radius 1 is 1.21 bits per heavy atom. The van der Waals surface area contributed by atoms with Gasteiger partial charge in [0.15, 0.2) is 12.6 Å². The minimum atomic E-state index is -0.966. The second-order valence-corrected chi connectivity index (χ2v) is 8.57. The van der Waals surface area contributed by atoms with E-state index in [1.807, 2.05) is 6.07 Å². The number of nitrogens with zero attached hydrogens (tertiary/aromatic N) is 1. The van der Waals surface area contributed by atoms with E-state index in [4.69, 9.17) is 14.2 Å². The number of fused-ring (bicyclic) bond motifs is 1. The molecule has 1 aromatic carbocycles. The summed E-state index contributed by atoms with van der Waals surface area (Å²) in [6, 6.07) is 7.22. The topological polar surface area (TPSA) is 94.2 Å². The molecule has 3 rings (SSSR count). The van der Waals surface area contributed by atoms with E-state index in [1.165, 1.54) is 23.8 Å². The van der Waals surface area contributed by atoms with Gasteiger partial charge in [-0.1, -0.05) is 18.2 Å². The molecule has 0 aliphatic carbocycles. The average Bonchev–Trinajstić information content (AvgIpc) is 2.68. The Labute approximate surface area is 173 Å². The van der Waals surface area contributed by atoms with Crippen LogP contribution in [0, 0.1) is 0 Å². The molecule has 8 nitrogen and oxygen atoms in total. The van der Waals surface area contributed by atoms with Gasteiger partial charge < -0.3 is 24.4 Å². The van der Waals surface area contributed by atoms with Crippen molar-refractivity contribution in [3.05, 3.63) is 41.5 Å². The zero-order valence-corrected chi connectivity index (χ0v) is 17.5. The van der Waals surface area contributed by atoms with Crippen molar-refractivity contribution < 1.29 is 28.6 Å². The summed E-state index contributed by atoms with van der Waals surface area (Å²) in [5, 5.41) is 3.94. The number of ether oxygens (including phenoxy) is 3. The fraction of sp³-hybridized carbons (Fsp3) is 0.450. The molecule has 0 saturated carbocycles. The molecule has 1 unspecified atom stereocenters. The maximum atomic E-state index is 12.7. The molecule has 2 aliphatic rings. The number of rotatable bonds is 6. The van der Waals surface area contributed by atoms with Crippen molar-refractivity contribution in [1.29, 1.82) is 0 Å². The number of nitrogens with one attached hydrogen (secondary N) is 1. The van der Waals surface area contributed by atoms with Crippen LogP contribution in [0.15, 0.2) is 41.5 Å². The molecule has 9 heteroatoms. The Kier molecular flexibility index (Phi) is 6.07. The zero-order chi connectivity index (χ0) is 21.2. The van der Waals surface area contributed by atoms with E-state index in [0.717, 1.165) is 0 Å². The molecule has 1 aromatic rings. The highest BCUT2D eigenvalue weighted by molar-refractivity contribution is 8.02. The van der Waals surface area contributed by atoms with Crippen LogP contribution in [0.1, 0.15) is 20.8 Å². The molecule has 1 saturated heterocycles. The molecule has 2 heterocycles. The molecule has 1 fully saturated rings. The molecule has 2 amide bonds. The molecule has 1 N–H and O–H groups in total. The quantitative estimate of drug-likeness (QED) is 0.553. The van der Waals surface area contributed by atoms with Crippen molar-refractivity contribution in [2.24, 2.45) is 0 Å². The van der Waals surface area contributed by atoms with Gasteiger partial charge in [0, 0.05) is 5.41 Å². The molecule has 3 atom stereocenters. The number of amides is 2. The van der Waals surface area contributed by atoms with Gasteiger partial charge in [-0.2, -0.15) is 0 Å². The van der Waals surface area contributed by atoms with Crippen LogP contribution in [0.2, 0.25) is 0 Å². The summed E-state index contributed by atoms with van der Waals surface area (Å²) >= 11 is 1.31. The highest BCUT2D eigenvalue weighted by Crippen LogP contribution is 2.40. The fourth-order valence-corrected chi connectivity index (χ4v) is 4.20. The Hall–Kier alpha value is -2.68. The molecule has 2 aliphatic heterocycles. The lowest BCUT2D eigenvalue weighted by atomic mass is 10.0. The lowest BCUT2D eigenvalue weighted by Gasteiger charge is -2.51. The first-order valence-corrected chi connectivity index (χ1v) is 10.1. The number of carbonyl (C=O) groups excluding carboxylic acids is 3. The van der Waals surface area contributed by atoms with E-state index in [9.17, 15) is 14.4 Å². The third-order valence-electron chi connectivity index (χ3n) is 4.25. The van der Waals surface area contributed by atoms with Crippen LogP contribution in [0.4, 0.5) is 0 Å². The molecule has 156 valence electrons. The van der Waals surface area contributed by atoms with Crippen molar-refractivity contribution in [3.8, 4) is 5.75 Å². The van der Waals surface area contributed by atoms with Crippen LogP contribution in [0.3, 0.4) is 0 Å². The largest absolute Gasteiger partial charge is 0.498 e. The number of para-hydroxylation sites is 1. The molecule has 0 radical (unpaired) electrons. The van der Waals surface area contributed by atoms with E-state index in [0.29, 0.717) is 11.5 Å². The van der Waals surface area contributed by atoms with Gasteiger partial charge in [-0.25, -0.2) is 4.79 Å². The SMILES string of the molecule is COC1=CS[C@@H]2[C@H](NC(=O)COc3ccccc3)C(=O)N2C1C(=O)OC(C)(C)C. The third-order valence-corrected chi connectivity index (χ3v) is 5.39. The first kappa shape index (κ1) is 21.0. The predicted molar refractivity (Wildman–Crippen MR) is 107 cm³/mol. The molecular formula is C20H24N2O6S. The summed E-state index contributed by atoms with van der Waals surface area (Å²) in [6.45, 7) is 5.05. The van der Waals surface area contributed by atoms with Crippen molar-refractivity contribution in [3.63, 3.8) is 0 Å². The van der Waals surface area contributed by atoms with Crippen LogP contribution >= 0.6 is 11.8 Å². The monoisotopic (exact) mass is 420 g/mol. The van der Waals surface area contributed by atoms with Gasteiger partial charge in [-0.3, -0.25) is 9.59 Å². The Bertz CT molecular complexity index is 820. The van der Waals surface area contributed by atoms with Gasteiger partial charge in [0.25, 0.3) is 5.91 Å². The van der Waals surface area contributed by atoms with Gasteiger partial charge in [-0.05, 0) is 32.9 Å². The van der Waals surface area contributed by atoms with Crippen molar-refractivity contribution in [2.75, 3.05) is 13.7 Å². The number of methoxy groups -OCH3 is 1. The van der Waals surface area contributed by atoms with E-state index in [1.54, 1.807) is 50.4 Å². The second kappa shape index (κ2) is 8.36. The summed E-state index contributed by atoms with van der Waals surface area (Å²) in [5.74, 6) is -0.446. The summed E-state index contributed by atoms with van der Waals surface area (Å²) in [7, 11) is 1.44. The molecule has 0 bridgehead atoms. The normalized spacial score (nSPS) is 23.3. The number of β-lactam (4-membered cyclic amide) rings is 1. The van der Waals surface area contributed by atoms with Crippen LogP contribution in [0.25, 0.3) is 0 Å². The van der Waals surface area contributed by atoms with Crippen LogP contribution < -0.4 is 10.1 Å². The van der Waals surface area contributed by atoms with E-state index < -0.39 is 34.9 Å². The van der Waals surface area contributed by atoms with Crippen LogP contribution in [0.5, 0.6) is 5.75 Å². The molecule has 29 heavy (non-hydrogen) atoms. The lowest BCUT2D eigenvalue weighted by molar-refractivity contribution is -0.171. The van der Waals surface area contributed by atoms with Crippen LogP contribution in [-0.2, 0) is 23.9 Å². The molecular weight excluding hydrogens is 396 g/mol. The fourth-order valence-electron chi connectivity index (χ4n) is 3.00. The smallest absolute Gasteiger partial charge is 0.337 e. The van der Waals surface area contributed by atoms with E-state index in [-0.39, 0.29) is 12.5 Å². The predicted octanol–water partition coefficient (Wildman–Crippen LogP) is 1.66. The Morgan fingerprint density at radius 2 is 1.90 bits per heavy atom. The average molecular weight is 420 g/mol. The van der Waals surface area contributed by atoms with Crippen molar-refractivity contribution in [2.45, 2.75) is 43.8 Å². The van der Waals surface area contributed by atoms with Gasteiger partial charge >= 0.3 is 5.97 Å². The highest BCUT2D eigenvalue weighted by atomic mass is 32.2. The first-order valence-electron chi connectivity index (χ1n) is 9.13. The number of esters is 1. The summed E-state index contributed by atoms with van der Waals surface area (Å²) in [5.41, 5.74) is -0.702. The number of benzene rings is 1. The first-order chi connectivity index (χ1) is 13.7. The summed E-state index contributed by atoms with van der Waals surface area (Å²) in [4.78, 5) is 39.0. The standard InChI is InChI=1S/C20H24N2O6S/c1-20(2,3)28-19(25)16-13(26-4)11-29-18-15(17(24)22(16)18)21-14(23)10-27-12-8-6-5-7-9-12/h5-9,11,15-16,18H,10H2,1-4H3,(H,21,23)/t15-,16?,18-/m1/s1. The Morgan fingerprint density at radius 3 is 2.52 bits per heavy atom. The number of hydrogen-bond acceptors (Lipinski definition) is 7. The second-order valence-electron chi connectivity index (χ2n) is 7.58. The number of carbonyl (C=O) groups is 3. The van der Waals surface area contributed by atoms with E-state index in [2.05, 4.69) is 5.32 Å². The van der Waals surface area contributed by atoms with Gasteiger partial charge in [-0.15, -0.1) is 11.8 Å². The molecule has 0 aromatic heterocycles. The van der Waals surface area contributed by atoms with Gasteiger partial charge in [0.2, 0.25) is 5.91 Å². The van der Waals surface area contributed by atoms with Crippen molar-refractivity contribution in [1.82, 2.24) is 10.2 Å². The van der Waals surface area contributed by atoms with Gasteiger partial charge in [0.05, 0.1) is 7.11 Å². The highest BCUT2D eigenvalue weighted by Gasteiger charge is 2.57. The maximum Gasteiger partial charge on any atom is 0.337 e. The van der Waals surface area contributed by atoms with Gasteiger partial charge in [0.1, 0.15) is 28.5 Å². The van der Waals surface area contributed by atoms with Crippen molar-refractivity contribution >= 4 is 29.5 Å². The number of hydrogen-bond donors (Lipinski definition) is 1. The Balaban J connectivity index is 1.64. The molecule has 0 spiro atoms. The zero-order valence-electron chi connectivity index (χ0n) is 16.7. The summed E-state index contributed by atoms with van der Waals surface area (Å²) in [6.07, 6.45) is 0.